The number of esters is 1. The zero-order valence-electron chi connectivity index (χ0n) is 15.2. The van der Waals surface area contributed by atoms with Crippen LogP contribution >= 0.6 is 0 Å². The van der Waals surface area contributed by atoms with Gasteiger partial charge in [-0.3, -0.25) is 14.4 Å². The maximum Gasteiger partial charge on any atom is 0.338 e. The number of hydrogen-bond donors (Lipinski definition) is 0. The van der Waals surface area contributed by atoms with E-state index in [4.69, 9.17) is 4.74 Å². The molecule has 0 spiro atoms. The molecule has 0 heterocycles. The highest BCUT2D eigenvalue weighted by molar-refractivity contribution is 7.92. The van der Waals surface area contributed by atoms with Gasteiger partial charge in [0, 0.05) is 18.7 Å². The zero-order valence-corrected chi connectivity index (χ0v) is 16.0. The summed E-state index contributed by atoms with van der Waals surface area (Å²) < 4.78 is 32.4. The molecule has 0 fully saturated rings. The fourth-order valence-electron chi connectivity index (χ4n) is 2.59. The van der Waals surface area contributed by atoms with Crippen LogP contribution in [-0.2, 0) is 14.8 Å². The molecule has 0 atom stereocenters. The fourth-order valence-corrected chi connectivity index (χ4v) is 4.31. The summed E-state index contributed by atoms with van der Waals surface area (Å²) in [5.41, 5.74) is 0.573. The average molecular weight is 392 g/mol. The standard InChI is InChI=1S/C18H20N2O6S/c1-4-19(15-8-6-7-14(11-15)18(21)26-5-2)27(24,25)17-12-16(20(22)23)10-9-13(17)3/h6-12H,4-5H2,1-3H3. The van der Waals surface area contributed by atoms with Crippen LogP contribution < -0.4 is 4.31 Å². The number of nitro groups is 1. The number of carbonyl (C=O) groups excluding carboxylic acids is 1. The van der Waals surface area contributed by atoms with Gasteiger partial charge in [0.25, 0.3) is 15.7 Å². The fraction of sp³-hybridized carbons (Fsp3) is 0.278. The van der Waals surface area contributed by atoms with E-state index in [2.05, 4.69) is 0 Å². The summed E-state index contributed by atoms with van der Waals surface area (Å²) in [5.74, 6) is -0.556. The van der Waals surface area contributed by atoms with E-state index >= 15 is 0 Å². The molecule has 0 bridgehead atoms. The summed E-state index contributed by atoms with van der Waals surface area (Å²) in [7, 11) is -4.07. The number of carbonyl (C=O) groups is 1. The Morgan fingerprint density at radius 2 is 1.89 bits per heavy atom. The average Bonchev–Trinajstić information content (AvgIpc) is 2.62. The molecular formula is C18H20N2O6S. The molecule has 0 aliphatic rings. The minimum Gasteiger partial charge on any atom is -0.462 e. The summed E-state index contributed by atoms with van der Waals surface area (Å²) >= 11 is 0. The number of nitro benzene ring substituents is 1. The second-order valence-corrected chi connectivity index (χ2v) is 7.48. The van der Waals surface area contributed by atoms with Crippen LogP contribution in [0.2, 0.25) is 0 Å². The van der Waals surface area contributed by atoms with Crippen LogP contribution in [0.25, 0.3) is 0 Å². The Bertz CT molecular complexity index is 972. The second kappa shape index (κ2) is 8.17. The van der Waals surface area contributed by atoms with Crippen LogP contribution in [0.5, 0.6) is 0 Å². The van der Waals surface area contributed by atoms with Gasteiger partial charge in [-0.15, -0.1) is 0 Å². The van der Waals surface area contributed by atoms with Crippen LogP contribution in [0.3, 0.4) is 0 Å². The molecule has 0 aliphatic heterocycles. The lowest BCUT2D eigenvalue weighted by molar-refractivity contribution is -0.385. The minimum absolute atomic E-state index is 0.0801. The van der Waals surface area contributed by atoms with Gasteiger partial charge < -0.3 is 4.74 Å². The van der Waals surface area contributed by atoms with Crippen LogP contribution in [-0.4, -0.2) is 32.5 Å². The highest BCUT2D eigenvalue weighted by atomic mass is 32.2. The molecule has 0 radical (unpaired) electrons. The van der Waals surface area contributed by atoms with E-state index in [-0.39, 0.29) is 35.0 Å². The Morgan fingerprint density at radius 1 is 1.19 bits per heavy atom. The number of non-ortho nitro benzene ring substituents is 1. The zero-order chi connectivity index (χ0) is 20.2. The van der Waals surface area contributed by atoms with E-state index in [1.165, 1.54) is 24.3 Å². The minimum atomic E-state index is -4.07. The van der Waals surface area contributed by atoms with E-state index in [0.717, 1.165) is 10.4 Å². The monoisotopic (exact) mass is 392 g/mol. The van der Waals surface area contributed by atoms with Crippen molar-refractivity contribution in [3.8, 4) is 0 Å². The summed E-state index contributed by atoms with van der Waals surface area (Å²) in [6.45, 7) is 5.17. The molecule has 0 N–H and O–H groups in total. The van der Waals surface area contributed by atoms with Crippen LogP contribution in [0.4, 0.5) is 11.4 Å². The first kappa shape index (κ1) is 20.4. The smallest absolute Gasteiger partial charge is 0.338 e. The van der Waals surface area contributed by atoms with Gasteiger partial charge in [-0.2, -0.15) is 0 Å². The van der Waals surface area contributed by atoms with Gasteiger partial charge >= 0.3 is 5.97 Å². The number of hydrogen-bond acceptors (Lipinski definition) is 6. The predicted octanol–water partition coefficient (Wildman–Crippen LogP) is 3.30. The molecule has 0 saturated carbocycles. The third kappa shape index (κ3) is 4.25. The summed E-state index contributed by atoms with van der Waals surface area (Å²) in [4.78, 5) is 22.2. The number of ether oxygens (including phenoxy) is 1. The van der Waals surface area contributed by atoms with Crippen molar-refractivity contribution in [3.05, 3.63) is 63.7 Å². The molecule has 0 aliphatic carbocycles. The number of aryl methyl sites for hydroxylation is 1. The van der Waals surface area contributed by atoms with Crippen LogP contribution in [0.1, 0.15) is 29.8 Å². The highest BCUT2D eigenvalue weighted by Gasteiger charge is 2.27. The molecule has 0 aromatic heterocycles. The number of rotatable bonds is 7. The van der Waals surface area contributed by atoms with Gasteiger partial charge in [0.05, 0.1) is 27.7 Å². The van der Waals surface area contributed by atoms with E-state index in [1.54, 1.807) is 32.9 Å². The lowest BCUT2D eigenvalue weighted by atomic mass is 10.2. The van der Waals surface area contributed by atoms with Crippen molar-refractivity contribution in [2.24, 2.45) is 0 Å². The summed E-state index contributed by atoms with van der Waals surface area (Å²) in [5, 5.41) is 11.0. The molecular weight excluding hydrogens is 372 g/mol. The molecule has 0 saturated heterocycles. The number of sulfonamides is 1. The molecule has 144 valence electrons. The third-order valence-electron chi connectivity index (χ3n) is 3.88. The maximum atomic E-state index is 13.2. The van der Waals surface area contributed by atoms with Gasteiger partial charge in [0.15, 0.2) is 0 Å². The Hall–Kier alpha value is -2.94. The van der Waals surface area contributed by atoms with Gasteiger partial charge in [-0.25, -0.2) is 13.2 Å². The van der Waals surface area contributed by atoms with Crippen molar-refractivity contribution in [3.63, 3.8) is 0 Å². The molecule has 27 heavy (non-hydrogen) atoms. The maximum absolute atomic E-state index is 13.2. The quantitative estimate of drug-likeness (QED) is 0.406. The van der Waals surface area contributed by atoms with Gasteiger partial charge in [0.1, 0.15) is 0 Å². The molecule has 9 heteroatoms. The Balaban J connectivity index is 2.54. The first-order valence-corrected chi connectivity index (χ1v) is 9.71. The largest absolute Gasteiger partial charge is 0.462 e. The number of nitrogens with zero attached hydrogens (tertiary/aromatic N) is 2. The number of anilines is 1. The molecule has 8 nitrogen and oxygen atoms in total. The lowest BCUT2D eigenvalue weighted by Crippen LogP contribution is -2.31. The highest BCUT2D eigenvalue weighted by Crippen LogP contribution is 2.29. The van der Waals surface area contributed by atoms with E-state index < -0.39 is 20.9 Å². The lowest BCUT2D eigenvalue weighted by Gasteiger charge is -2.24. The Labute approximate surface area is 157 Å². The SMILES string of the molecule is CCOC(=O)c1cccc(N(CC)S(=O)(=O)c2cc([N+](=O)[O-])ccc2C)c1. The first-order valence-electron chi connectivity index (χ1n) is 8.27. The third-order valence-corrected chi connectivity index (χ3v) is 5.93. The first-order chi connectivity index (χ1) is 12.7. The van der Waals surface area contributed by atoms with Crippen LogP contribution in [0, 0.1) is 17.0 Å². The molecule has 0 unspecified atom stereocenters. The summed E-state index contributed by atoms with van der Waals surface area (Å²) in [6.07, 6.45) is 0. The normalized spacial score (nSPS) is 11.1. The predicted molar refractivity (Wildman–Crippen MR) is 100 cm³/mol. The Morgan fingerprint density at radius 3 is 2.48 bits per heavy atom. The second-order valence-electron chi connectivity index (χ2n) is 5.65. The van der Waals surface area contributed by atoms with Crippen molar-refractivity contribution in [1.29, 1.82) is 0 Å². The van der Waals surface area contributed by atoms with Gasteiger partial charge in [0.2, 0.25) is 0 Å². The van der Waals surface area contributed by atoms with Gasteiger partial charge in [-0.05, 0) is 44.5 Å². The topological polar surface area (TPSA) is 107 Å². The van der Waals surface area contributed by atoms with Gasteiger partial charge in [-0.1, -0.05) is 12.1 Å². The molecule has 2 aromatic carbocycles. The van der Waals surface area contributed by atoms with Crippen molar-refractivity contribution >= 4 is 27.4 Å². The van der Waals surface area contributed by atoms with E-state index in [9.17, 15) is 23.3 Å². The number of benzene rings is 2. The summed E-state index contributed by atoms with van der Waals surface area (Å²) in [6, 6.07) is 9.76. The molecule has 2 aromatic rings. The van der Waals surface area contributed by atoms with Crippen molar-refractivity contribution < 1.29 is 22.9 Å². The van der Waals surface area contributed by atoms with E-state index in [0.29, 0.717) is 5.56 Å². The van der Waals surface area contributed by atoms with Crippen molar-refractivity contribution in [2.75, 3.05) is 17.5 Å². The molecule has 2 rings (SSSR count). The van der Waals surface area contributed by atoms with E-state index in [1.807, 2.05) is 0 Å². The Kier molecular flexibility index (Phi) is 6.17. The van der Waals surface area contributed by atoms with Crippen molar-refractivity contribution in [2.45, 2.75) is 25.7 Å². The molecule has 0 amide bonds. The van der Waals surface area contributed by atoms with Crippen LogP contribution in [0.15, 0.2) is 47.4 Å². The van der Waals surface area contributed by atoms with Crippen molar-refractivity contribution in [1.82, 2.24) is 0 Å².